The minimum atomic E-state index is -0.689. The lowest BCUT2D eigenvalue weighted by Crippen LogP contribution is -2.29. The minimum Gasteiger partial charge on any atom is -0.465 e. The first-order valence-corrected chi connectivity index (χ1v) is 8.32. The molecule has 1 amide bonds. The van der Waals surface area contributed by atoms with Crippen molar-refractivity contribution in [1.29, 1.82) is 0 Å². The van der Waals surface area contributed by atoms with Gasteiger partial charge in [-0.15, -0.1) is 0 Å². The second-order valence-electron chi connectivity index (χ2n) is 5.37. The Bertz CT molecular complexity index is 926. The molecule has 1 aromatic heterocycles. The van der Waals surface area contributed by atoms with Gasteiger partial charge in [-0.05, 0) is 26.1 Å². The molecule has 0 saturated heterocycles. The zero-order valence-electron chi connectivity index (χ0n) is 15.1. The number of nitrogens with zero attached hydrogens (tertiary/aromatic N) is 2. The largest absolute Gasteiger partial charge is 0.465 e. The van der Waals surface area contributed by atoms with Gasteiger partial charge in [0, 0.05) is 11.8 Å². The molecule has 0 fully saturated rings. The lowest BCUT2D eigenvalue weighted by molar-refractivity contribution is -0.143. The lowest BCUT2D eigenvalue weighted by atomic mass is 10.2. The molecule has 0 aliphatic rings. The van der Waals surface area contributed by atoms with Gasteiger partial charge in [0.05, 0.1) is 18.7 Å². The number of carbonyl (C=O) groups excluding carboxylic acids is 2. The van der Waals surface area contributed by atoms with E-state index < -0.39 is 17.6 Å². The number of esters is 1. The Hall–Kier alpha value is -3.44. The smallest absolute Gasteiger partial charge is 0.350 e. The van der Waals surface area contributed by atoms with Crippen LogP contribution >= 0.6 is 0 Å². The van der Waals surface area contributed by atoms with E-state index in [0.717, 1.165) is 4.57 Å². The van der Waals surface area contributed by atoms with E-state index in [1.807, 2.05) is 0 Å². The number of nitrogens with one attached hydrogen (secondary N) is 2. The summed E-state index contributed by atoms with van der Waals surface area (Å²) in [4.78, 5) is 40.1. The molecule has 0 atom stereocenters. The van der Waals surface area contributed by atoms with Gasteiger partial charge in [-0.2, -0.15) is 4.98 Å². The first-order valence-electron chi connectivity index (χ1n) is 8.32. The van der Waals surface area contributed by atoms with E-state index in [4.69, 9.17) is 4.74 Å². The topological polar surface area (TPSA) is 102 Å². The zero-order chi connectivity index (χ0) is 19.6. The highest BCUT2D eigenvalue weighted by Gasteiger charge is 2.14. The first kappa shape index (κ1) is 19.9. The van der Waals surface area contributed by atoms with Crippen LogP contribution in [0.25, 0.3) is 0 Å². The molecule has 2 N–H and O–H groups in total. The van der Waals surface area contributed by atoms with Crippen LogP contribution in [0, 0.1) is 11.8 Å². The second kappa shape index (κ2) is 9.89. The molecule has 140 valence electrons. The molecule has 0 saturated carbocycles. The van der Waals surface area contributed by atoms with Gasteiger partial charge in [0.15, 0.2) is 5.82 Å². The number of amides is 1. The average Bonchev–Trinajstić information content (AvgIpc) is 2.66. The highest BCUT2D eigenvalue weighted by molar-refractivity contribution is 6.04. The van der Waals surface area contributed by atoms with E-state index in [9.17, 15) is 14.4 Å². The maximum atomic E-state index is 12.4. The van der Waals surface area contributed by atoms with Gasteiger partial charge in [0.1, 0.15) is 6.54 Å². The standard InChI is InChI=1S/C19H20N4O4/c1-3-27-16(24)13-23-12-15(10-7-11-20-2)17(22-19(23)26)21-18(25)14-8-5-4-6-9-14/h4-6,8-9,12,20H,3,11,13H2,1-2H3,(H,21,22,25,26). The van der Waals surface area contributed by atoms with Gasteiger partial charge < -0.3 is 15.4 Å². The molecule has 27 heavy (non-hydrogen) atoms. The fourth-order valence-electron chi connectivity index (χ4n) is 2.14. The molecular formula is C19H20N4O4. The number of carbonyl (C=O) groups is 2. The van der Waals surface area contributed by atoms with Crippen LogP contribution in [0.2, 0.25) is 0 Å². The summed E-state index contributed by atoms with van der Waals surface area (Å²) < 4.78 is 5.95. The van der Waals surface area contributed by atoms with Gasteiger partial charge in [-0.3, -0.25) is 14.2 Å². The highest BCUT2D eigenvalue weighted by Crippen LogP contribution is 2.11. The van der Waals surface area contributed by atoms with Crippen molar-refractivity contribution in [3.05, 3.63) is 58.1 Å². The van der Waals surface area contributed by atoms with Crippen LogP contribution in [0.15, 0.2) is 41.3 Å². The minimum absolute atomic E-state index is 0.0394. The predicted molar refractivity (Wildman–Crippen MR) is 100 cm³/mol. The molecule has 0 bridgehead atoms. The van der Waals surface area contributed by atoms with E-state index >= 15 is 0 Å². The van der Waals surface area contributed by atoms with Crippen LogP contribution in [0.5, 0.6) is 0 Å². The molecule has 0 aliphatic carbocycles. The Morgan fingerprint density at radius 2 is 2.00 bits per heavy atom. The number of ether oxygens (including phenoxy) is 1. The Kier molecular flexibility index (Phi) is 7.28. The molecule has 2 rings (SSSR count). The van der Waals surface area contributed by atoms with Crippen molar-refractivity contribution in [3.63, 3.8) is 0 Å². The van der Waals surface area contributed by atoms with Crippen LogP contribution in [0.4, 0.5) is 5.82 Å². The Balaban J connectivity index is 2.36. The number of rotatable bonds is 6. The van der Waals surface area contributed by atoms with E-state index in [1.54, 1.807) is 44.3 Å². The molecule has 8 heteroatoms. The summed E-state index contributed by atoms with van der Waals surface area (Å²) in [6, 6.07) is 8.54. The summed E-state index contributed by atoms with van der Waals surface area (Å²) in [6.07, 6.45) is 1.38. The van der Waals surface area contributed by atoms with Crippen LogP contribution in [0.3, 0.4) is 0 Å². The summed E-state index contributed by atoms with van der Waals surface area (Å²) in [5.74, 6) is 4.75. The molecule has 1 heterocycles. The molecule has 2 aromatic rings. The molecular weight excluding hydrogens is 348 g/mol. The summed E-state index contributed by atoms with van der Waals surface area (Å²) in [7, 11) is 1.74. The fraction of sp³-hybridized carbons (Fsp3) is 0.263. The summed E-state index contributed by atoms with van der Waals surface area (Å²) in [5.41, 5.74) is 0.0492. The highest BCUT2D eigenvalue weighted by atomic mass is 16.5. The monoisotopic (exact) mass is 368 g/mol. The van der Waals surface area contributed by atoms with Gasteiger partial charge >= 0.3 is 11.7 Å². The normalized spacial score (nSPS) is 9.85. The molecule has 8 nitrogen and oxygen atoms in total. The predicted octanol–water partition coefficient (Wildman–Crippen LogP) is 0.630. The number of hydrogen-bond acceptors (Lipinski definition) is 6. The van der Waals surface area contributed by atoms with Crippen LogP contribution in [-0.2, 0) is 16.1 Å². The van der Waals surface area contributed by atoms with Crippen molar-refractivity contribution < 1.29 is 14.3 Å². The second-order valence-corrected chi connectivity index (χ2v) is 5.37. The van der Waals surface area contributed by atoms with E-state index in [1.165, 1.54) is 6.20 Å². The van der Waals surface area contributed by atoms with Crippen molar-refractivity contribution in [3.8, 4) is 11.8 Å². The summed E-state index contributed by atoms with van der Waals surface area (Å²) in [5, 5.41) is 5.47. The SMILES string of the molecule is CCOC(=O)Cn1cc(C#CCNC)c(NC(=O)c2ccccc2)nc1=O. The van der Waals surface area contributed by atoms with Gasteiger partial charge in [0.25, 0.3) is 5.91 Å². The molecule has 1 aromatic carbocycles. The lowest BCUT2D eigenvalue weighted by Gasteiger charge is -2.10. The van der Waals surface area contributed by atoms with Crippen LogP contribution in [0.1, 0.15) is 22.8 Å². The third-order valence-electron chi connectivity index (χ3n) is 3.35. The van der Waals surface area contributed by atoms with Crippen molar-refractivity contribution in [2.24, 2.45) is 0 Å². The molecule has 0 aliphatic heterocycles. The number of benzene rings is 1. The van der Waals surface area contributed by atoms with Crippen molar-refractivity contribution >= 4 is 17.7 Å². The maximum absolute atomic E-state index is 12.4. The molecule has 0 unspecified atom stereocenters. The van der Waals surface area contributed by atoms with Gasteiger partial charge in [0.2, 0.25) is 0 Å². The van der Waals surface area contributed by atoms with Crippen molar-refractivity contribution in [1.82, 2.24) is 14.9 Å². The average molecular weight is 368 g/mol. The Labute approximate surface area is 156 Å². The Morgan fingerprint density at radius 1 is 1.26 bits per heavy atom. The third kappa shape index (κ3) is 5.80. The van der Waals surface area contributed by atoms with Crippen LogP contribution < -0.4 is 16.3 Å². The van der Waals surface area contributed by atoms with Gasteiger partial charge in [-0.1, -0.05) is 30.0 Å². The first-order chi connectivity index (χ1) is 13.0. The quantitative estimate of drug-likeness (QED) is 0.573. The molecule has 0 spiro atoms. The molecule has 0 radical (unpaired) electrons. The third-order valence-corrected chi connectivity index (χ3v) is 3.35. The summed E-state index contributed by atoms with van der Waals surface area (Å²) >= 11 is 0. The zero-order valence-corrected chi connectivity index (χ0v) is 15.1. The van der Waals surface area contributed by atoms with E-state index in [0.29, 0.717) is 17.7 Å². The van der Waals surface area contributed by atoms with Crippen molar-refractivity contribution in [2.45, 2.75) is 13.5 Å². The van der Waals surface area contributed by atoms with Crippen molar-refractivity contribution in [2.75, 3.05) is 25.5 Å². The van der Waals surface area contributed by atoms with Gasteiger partial charge in [-0.25, -0.2) is 4.79 Å². The Morgan fingerprint density at radius 3 is 2.67 bits per heavy atom. The van der Waals surface area contributed by atoms with E-state index in [-0.39, 0.29) is 19.0 Å². The maximum Gasteiger partial charge on any atom is 0.350 e. The van der Waals surface area contributed by atoms with Crippen LogP contribution in [-0.4, -0.2) is 41.6 Å². The fourth-order valence-corrected chi connectivity index (χ4v) is 2.14. The summed E-state index contributed by atoms with van der Waals surface area (Å²) in [6.45, 7) is 2.01. The number of aromatic nitrogens is 2. The number of hydrogen-bond donors (Lipinski definition) is 2. The van der Waals surface area contributed by atoms with E-state index in [2.05, 4.69) is 27.5 Å². The number of anilines is 1.